The van der Waals surface area contributed by atoms with Gasteiger partial charge < -0.3 is 5.73 Å². The molecule has 0 heterocycles. The van der Waals surface area contributed by atoms with E-state index < -0.39 is 11.6 Å². The summed E-state index contributed by atoms with van der Waals surface area (Å²) < 4.78 is 26.1. The van der Waals surface area contributed by atoms with Gasteiger partial charge in [0.2, 0.25) is 0 Å². The molecule has 1 nitrogen and oxygen atoms in total. The summed E-state index contributed by atoms with van der Waals surface area (Å²) in [5.41, 5.74) is 5.96. The predicted octanol–water partition coefficient (Wildman–Crippen LogP) is 2.20. The molecule has 14 heavy (non-hydrogen) atoms. The Morgan fingerprint density at radius 2 is 2.14 bits per heavy atom. The van der Waals surface area contributed by atoms with Gasteiger partial charge in [-0.3, -0.25) is 0 Å². The second-order valence-corrected chi connectivity index (χ2v) is 4.09. The smallest absolute Gasteiger partial charge is 0.129 e. The van der Waals surface area contributed by atoms with Crippen molar-refractivity contribution in [3.05, 3.63) is 35.4 Å². The standard InChI is InChI=1S/C11H13F2N/c1-7-5-11(7,6-14)9-3-2-8(12)4-10(9)13/h2-4,7H,5-6,14H2,1H3. The quantitative estimate of drug-likeness (QED) is 0.772. The van der Waals surface area contributed by atoms with E-state index >= 15 is 0 Å². The van der Waals surface area contributed by atoms with Gasteiger partial charge in [0.15, 0.2) is 0 Å². The first-order valence-corrected chi connectivity index (χ1v) is 4.76. The minimum Gasteiger partial charge on any atom is -0.330 e. The van der Waals surface area contributed by atoms with E-state index in [1.165, 1.54) is 12.1 Å². The number of nitrogens with two attached hydrogens (primary N) is 1. The molecule has 0 saturated heterocycles. The molecular weight excluding hydrogens is 184 g/mol. The topological polar surface area (TPSA) is 26.0 Å². The molecule has 2 rings (SSSR count). The fraction of sp³-hybridized carbons (Fsp3) is 0.455. The van der Waals surface area contributed by atoms with Gasteiger partial charge in [0.25, 0.3) is 0 Å². The number of hydrogen-bond acceptors (Lipinski definition) is 1. The Hall–Kier alpha value is -0.960. The molecule has 0 spiro atoms. The van der Waals surface area contributed by atoms with Crippen LogP contribution in [-0.2, 0) is 5.41 Å². The third-order valence-corrected chi connectivity index (χ3v) is 3.29. The third kappa shape index (κ3) is 1.23. The summed E-state index contributed by atoms with van der Waals surface area (Å²) in [6, 6.07) is 3.74. The van der Waals surface area contributed by atoms with Crippen molar-refractivity contribution < 1.29 is 8.78 Å². The van der Waals surface area contributed by atoms with Crippen molar-refractivity contribution in [2.45, 2.75) is 18.8 Å². The Labute approximate surface area is 81.9 Å². The maximum atomic E-state index is 13.5. The molecule has 0 bridgehead atoms. The fourth-order valence-corrected chi connectivity index (χ4v) is 2.15. The van der Waals surface area contributed by atoms with Gasteiger partial charge in [-0.25, -0.2) is 8.78 Å². The van der Waals surface area contributed by atoms with Crippen LogP contribution in [0.4, 0.5) is 8.78 Å². The minimum absolute atomic E-state index is 0.238. The summed E-state index contributed by atoms with van der Waals surface area (Å²) >= 11 is 0. The Morgan fingerprint density at radius 3 is 2.57 bits per heavy atom. The number of hydrogen-bond donors (Lipinski definition) is 1. The van der Waals surface area contributed by atoms with Crippen LogP contribution in [0.5, 0.6) is 0 Å². The number of benzene rings is 1. The van der Waals surface area contributed by atoms with Crippen LogP contribution in [0, 0.1) is 17.6 Å². The zero-order chi connectivity index (χ0) is 10.3. The van der Waals surface area contributed by atoms with Gasteiger partial charge in [0.05, 0.1) is 0 Å². The van der Waals surface area contributed by atoms with Gasteiger partial charge in [-0.1, -0.05) is 13.0 Å². The molecule has 76 valence electrons. The molecule has 1 aliphatic rings. The molecule has 3 heteroatoms. The number of rotatable bonds is 2. The molecule has 1 aromatic rings. The van der Waals surface area contributed by atoms with Crippen LogP contribution in [0.1, 0.15) is 18.9 Å². The summed E-state index contributed by atoms with van der Waals surface area (Å²) in [7, 11) is 0. The van der Waals surface area contributed by atoms with E-state index in [4.69, 9.17) is 5.73 Å². The highest BCUT2D eigenvalue weighted by Crippen LogP contribution is 2.53. The highest BCUT2D eigenvalue weighted by atomic mass is 19.1. The molecule has 1 aliphatic carbocycles. The first-order chi connectivity index (χ1) is 6.60. The molecule has 2 N–H and O–H groups in total. The average molecular weight is 197 g/mol. The molecule has 1 saturated carbocycles. The average Bonchev–Trinajstić information content (AvgIpc) is 2.78. The Morgan fingerprint density at radius 1 is 1.50 bits per heavy atom. The van der Waals surface area contributed by atoms with Crippen LogP contribution in [0.2, 0.25) is 0 Å². The predicted molar refractivity (Wildman–Crippen MR) is 50.9 cm³/mol. The van der Waals surface area contributed by atoms with E-state index in [0.29, 0.717) is 18.0 Å². The van der Waals surface area contributed by atoms with E-state index in [2.05, 4.69) is 0 Å². The monoisotopic (exact) mass is 197 g/mol. The van der Waals surface area contributed by atoms with E-state index in [1.54, 1.807) is 0 Å². The fourth-order valence-electron chi connectivity index (χ4n) is 2.15. The van der Waals surface area contributed by atoms with Crippen molar-refractivity contribution in [1.82, 2.24) is 0 Å². The second kappa shape index (κ2) is 3.02. The van der Waals surface area contributed by atoms with Crippen molar-refractivity contribution in [2.24, 2.45) is 11.7 Å². The maximum Gasteiger partial charge on any atom is 0.129 e. The normalized spacial score (nSPS) is 30.4. The van der Waals surface area contributed by atoms with Crippen LogP contribution >= 0.6 is 0 Å². The zero-order valence-electron chi connectivity index (χ0n) is 8.06. The highest BCUT2D eigenvalue weighted by Gasteiger charge is 2.52. The summed E-state index contributed by atoms with van der Waals surface area (Å²) in [6.45, 7) is 2.46. The SMILES string of the molecule is CC1CC1(CN)c1ccc(F)cc1F. The van der Waals surface area contributed by atoms with Gasteiger partial charge in [-0.15, -0.1) is 0 Å². The minimum atomic E-state index is -0.535. The summed E-state index contributed by atoms with van der Waals surface area (Å²) in [5, 5.41) is 0. The van der Waals surface area contributed by atoms with E-state index in [0.717, 1.165) is 12.5 Å². The summed E-state index contributed by atoms with van der Waals surface area (Å²) in [4.78, 5) is 0. The van der Waals surface area contributed by atoms with Gasteiger partial charge in [0.1, 0.15) is 11.6 Å². The Bertz CT molecular complexity index is 360. The molecule has 0 radical (unpaired) electrons. The van der Waals surface area contributed by atoms with E-state index in [1.807, 2.05) is 6.92 Å². The van der Waals surface area contributed by atoms with Gasteiger partial charge in [0, 0.05) is 18.0 Å². The van der Waals surface area contributed by atoms with Crippen molar-refractivity contribution in [3.63, 3.8) is 0 Å². The van der Waals surface area contributed by atoms with Crippen LogP contribution in [0.25, 0.3) is 0 Å². The molecule has 2 atom stereocenters. The third-order valence-electron chi connectivity index (χ3n) is 3.29. The Balaban J connectivity index is 2.42. The van der Waals surface area contributed by atoms with Crippen molar-refractivity contribution in [2.75, 3.05) is 6.54 Å². The summed E-state index contributed by atoms with van der Waals surface area (Å²) in [6.07, 6.45) is 0.895. The first-order valence-electron chi connectivity index (χ1n) is 4.76. The molecular formula is C11H13F2N. The molecule has 1 fully saturated rings. The largest absolute Gasteiger partial charge is 0.330 e. The Kier molecular flexibility index (Phi) is 2.07. The van der Waals surface area contributed by atoms with Crippen molar-refractivity contribution in [3.8, 4) is 0 Å². The van der Waals surface area contributed by atoms with Gasteiger partial charge in [-0.2, -0.15) is 0 Å². The van der Waals surface area contributed by atoms with Gasteiger partial charge in [-0.05, 0) is 24.0 Å². The second-order valence-electron chi connectivity index (χ2n) is 4.09. The molecule has 0 aromatic heterocycles. The van der Waals surface area contributed by atoms with Crippen LogP contribution in [-0.4, -0.2) is 6.54 Å². The lowest BCUT2D eigenvalue weighted by Gasteiger charge is -2.15. The van der Waals surface area contributed by atoms with E-state index in [9.17, 15) is 8.78 Å². The molecule has 0 amide bonds. The lowest BCUT2D eigenvalue weighted by atomic mass is 9.93. The number of halogens is 2. The lowest BCUT2D eigenvalue weighted by molar-refractivity contribution is 0.536. The molecule has 2 unspecified atom stereocenters. The van der Waals surface area contributed by atoms with Crippen molar-refractivity contribution >= 4 is 0 Å². The first kappa shape index (κ1) is 9.59. The van der Waals surface area contributed by atoms with Crippen LogP contribution in [0.15, 0.2) is 18.2 Å². The molecule has 0 aliphatic heterocycles. The van der Waals surface area contributed by atoms with Crippen LogP contribution in [0.3, 0.4) is 0 Å². The highest BCUT2D eigenvalue weighted by molar-refractivity contribution is 5.35. The van der Waals surface area contributed by atoms with Crippen LogP contribution < -0.4 is 5.73 Å². The maximum absolute atomic E-state index is 13.5. The van der Waals surface area contributed by atoms with Crippen molar-refractivity contribution in [1.29, 1.82) is 0 Å². The lowest BCUT2D eigenvalue weighted by Crippen LogP contribution is -2.23. The van der Waals surface area contributed by atoms with Gasteiger partial charge >= 0.3 is 0 Å². The summed E-state index contributed by atoms with van der Waals surface area (Å²) in [5.74, 6) is -0.612. The van der Waals surface area contributed by atoms with E-state index in [-0.39, 0.29) is 5.41 Å². The zero-order valence-corrected chi connectivity index (χ0v) is 8.06. The molecule has 1 aromatic carbocycles.